The average Bonchev–Trinajstić information content (AvgIpc) is 2.48. The standard InChI is InChI=1S/C18H29NOS/c1-4-19-18(17-11-10-14(2)12-15(17)3)13-21(20)16-8-6-5-7-9-16/h10-12,16,18-19H,4-9,13H2,1-3H3. The topological polar surface area (TPSA) is 29.1 Å². The van der Waals surface area contributed by atoms with E-state index >= 15 is 0 Å². The Morgan fingerprint density at radius 1 is 1.24 bits per heavy atom. The fourth-order valence-electron chi connectivity index (χ4n) is 3.35. The van der Waals surface area contributed by atoms with Gasteiger partial charge >= 0.3 is 0 Å². The third-order valence-corrected chi connectivity index (χ3v) is 6.38. The molecule has 1 aromatic carbocycles. The summed E-state index contributed by atoms with van der Waals surface area (Å²) < 4.78 is 12.7. The smallest absolute Gasteiger partial charge is 0.0439 e. The highest BCUT2D eigenvalue weighted by Gasteiger charge is 2.23. The Bertz CT molecular complexity index is 480. The fraction of sp³-hybridized carbons (Fsp3) is 0.667. The number of hydrogen-bond acceptors (Lipinski definition) is 2. The zero-order valence-corrected chi connectivity index (χ0v) is 14.5. The van der Waals surface area contributed by atoms with Gasteiger partial charge in [-0.25, -0.2) is 0 Å². The van der Waals surface area contributed by atoms with Gasteiger partial charge in [-0.3, -0.25) is 4.21 Å². The third kappa shape index (κ3) is 4.65. The zero-order valence-electron chi connectivity index (χ0n) is 13.7. The number of hydrogen-bond donors (Lipinski definition) is 1. The van der Waals surface area contributed by atoms with Crippen LogP contribution in [0.3, 0.4) is 0 Å². The first-order valence-corrected chi connectivity index (χ1v) is 9.67. The van der Waals surface area contributed by atoms with E-state index in [0.29, 0.717) is 5.25 Å². The molecular formula is C18H29NOS. The van der Waals surface area contributed by atoms with E-state index in [1.165, 1.54) is 36.0 Å². The van der Waals surface area contributed by atoms with Crippen LogP contribution >= 0.6 is 0 Å². The Hall–Kier alpha value is -0.670. The molecule has 21 heavy (non-hydrogen) atoms. The predicted molar refractivity (Wildman–Crippen MR) is 92.2 cm³/mol. The molecular weight excluding hydrogens is 278 g/mol. The Labute approximate surface area is 132 Å². The van der Waals surface area contributed by atoms with E-state index in [1.807, 2.05) is 0 Å². The number of nitrogens with one attached hydrogen (secondary N) is 1. The van der Waals surface area contributed by atoms with E-state index in [9.17, 15) is 4.21 Å². The molecule has 0 bridgehead atoms. The average molecular weight is 308 g/mol. The molecule has 0 aliphatic heterocycles. The summed E-state index contributed by atoms with van der Waals surface area (Å²) in [6.07, 6.45) is 6.13. The second-order valence-electron chi connectivity index (χ2n) is 6.28. The van der Waals surface area contributed by atoms with Crippen molar-refractivity contribution >= 4 is 10.8 Å². The van der Waals surface area contributed by atoms with Crippen molar-refractivity contribution in [2.75, 3.05) is 12.3 Å². The fourth-order valence-corrected chi connectivity index (χ4v) is 5.11. The maximum absolute atomic E-state index is 12.7. The van der Waals surface area contributed by atoms with Gasteiger partial charge in [0, 0.05) is 27.8 Å². The van der Waals surface area contributed by atoms with Crippen molar-refractivity contribution in [3.05, 3.63) is 34.9 Å². The minimum atomic E-state index is -0.715. The van der Waals surface area contributed by atoms with E-state index < -0.39 is 10.8 Å². The summed E-state index contributed by atoms with van der Waals surface area (Å²) in [5, 5.41) is 3.96. The van der Waals surface area contributed by atoms with Crippen LogP contribution in [0.1, 0.15) is 61.8 Å². The molecule has 1 aliphatic rings. The summed E-state index contributed by atoms with van der Waals surface area (Å²) >= 11 is 0. The maximum Gasteiger partial charge on any atom is 0.0439 e. The Morgan fingerprint density at radius 2 is 1.95 bits per heavy atom. The van der Waals surface area contributed by atoms with Crippen molar-refractivity contribution in [1.29, 1.82) is 0 Å². The van der Waals surface area contributed by atoms with E-state index in [-0.39, 0.29) is 6.04 Å². The summed E-state index contributed by atoms with van der Waals surface area (Å²) in [5.74, 6) is 0.752. The highest BCUT2D eigenvalue weighted by molar-refractivity contribution is 7.85. The van der Waals surface area contributed by atoms with Gasteiger partial charge in [-0.05, 0) is 44.4 Å². The van der Waals surface area contributed by atoms with Gasteiger partial charge in [-0.15, -0.1) is 0 Å². The second-order valence-corrected chi connectivity index (χ2v) is 8.04. The van der Waals surface area contributed by atoms with Crippen LogP contribution in [0.5, 0.6) is 0 Å². The summed E-state index contributed by atoms with van der Waals surface area (Å²) in [5.41, 5.74) is 3.91. The molecule has 1 N–H and O–H groups in total. The van der Waals surface area contributed by atoms with Crippen molar-refractivity contribution in [3.63, 3.8) is 0 Å². The number of benzene rings is 1. The first-order chi connectivity index (χ1) is 10.1. The van der Waals surface area contributed by atoms with Crippen LogP contribution in [0.15, 0.2) is 18.2 Å². The summed E-state index contributed by atoms with van der Waals surface area (Å²) in [6.45, 7) is 7.33. The first kappa shape index (κ1) is 16.7. The van der Waals surface area contributed by atoms with Crippen LogP contribution in [0.2, 0.25) is 0 Å². The van der Waals surface area contributed by atoms with Crippen molar-refractivity contribution in [2.45, 2.75) is 64.2 Å². The Morgan fingerprint density at radius 3 is 2.57 bits per heavy atom. The van der Waals surface area contributed by atoms with E-state index in [4.69, 9.17) is 0 Å². The van der Waals surface area contributed by atoms with Crippen molar-refractivity contribution < 1.29 is 4.21 Å². The quantitative estimate of drug-likeness (QED) is 0.859. The minimum absolute atomic E-state index is 0.221. The van der Waals surface area contributed by atoms with Gasteiger partial charge in [-0.1, -0.05) is 49.9 Å². The Balaban J connectivity index is 2.09. The molecule has 0 amide bonds. The van der Waals surface area contributed by atoms with Crippen LogP contribution in [0, 0.1) is 13.8 Å². The molecule has 2 atom stereocenters. The summed E-state index contributed by atoms with van der Waals surface area (Å²) in [7, 11) is -0.715. The van der Waals surface area contributed by atoms with Gasteiger partial charge in [0.15, 0.2) is 0 Å². The predicted octanol–water partition coefficient (Wildman–Crippen LogP) is 4.04. The molecule has 1 aliphatic carbocycles. The van der Waals surface area contributed by atoms with E-state index in [0.717, 1.165) is 25.1 Å². The molecule has 2 rings (SSSR count). The normalized spacial score (nSPS) is 19.4. The van der Waals surface area contributed by atoms with E-state index in [1.54, 1.807) is 0 Å². The molecule has 1 fully saturated rings. The SMILES string of the molecule is CCNC(CS(=O)C1CCCCC1)c1ccc(C)cc1C. The number of rotatable bonds is 6. The minimum Gasteiger partial charge on any atom is -0.309 e. The molecule has 0 aromatic heterocycles. The Kier molecular flexibility index (Phi) is 6.43. The van der Waals surface area contributed by atoms with Crippen molar-refractivity contribution in [1.82, 2.24) is 5.32 Å². The highest BCUT2D eigenvalue weighted by atomic mass is 32.2. The van der Waals surface area contributed by atoms with Crippen molar-refractivity contribution in [2.24, 2.45) is 0 Å². The lowest BCUT2D eigenvalue weighted by Crippen LogP contribution is -2.31. The van der Waals surface area contributed by atoms with Gasteiger partial charge in [0.2, 0.25) is 0 Å². The molecule has 0 radical (unpaired) electrons. The second kappa shape index (κ2) is 8.09. The molecule has 2 nitrogen and oxygen atoms in total. The largest absolute Gasteiger partial charge is 0.309 e. The lowest BCUT2D eigenvalue weighted by atomic mass is 10.00. The first-order valence-electron chi connectivity index (χ1n) is 8.29. The lowest BCUT2D eigenvalue weighted by Gasteiger charge is -2.25. The lowest BCUT2D eigenvalue weighted by molar-refractivity contribution is 0.501. The molecule has 3 heteroatoms. The van der Waals surface area contributed by atoms with Gasteiger partial charge in [0.25, 0.3) is 0 Å². The zero-order chi connectivity index (χ0) is 15.2. The molecule has 0 saturated heterocycles. The van der Waals surface area contributed by atoms with Crippen LogP contribution < -0.4 is 5.32 Å². The van der Waals surface area contributed by atoms with Gasteiger partial charge in [0.1, 0.15) is 0 Å². The molecule has 118 valence electrons. The molecule has 1 aromatic rings. The highest BCUT2D eigenvalue weighted by Crippen LogP contribution is 2.26. The monoisotopic (exact) mass is 307 g/mol. The molecule has 0 spiro atoms. The van der Waals surface area contributed by atoms with E-state index in [2.05, 4.69) is 44.3 Å². The van der Waals surface area contributed by atoms with Gasteiger partial charge in [0.05, 0.1) is 0 Å². The summed E-state index contributed by atoms with van der Waals surface area (Å²) in [6, 6.07) is 6.81. The molecule has 1 saturated carbocycles. The van der Waals surface area contributed by atoms with Gasteiger partial charge in [-0.2, -0.15) is 0 Å². The van der Waals surface area contributed by atoms with Gasteiger partial charge < -0.3 is 5.32 Å². The maximum atomic E-state index is 12.7. The van der Waals surface area contributed by atoms with Crippen LogP contribution in [0.4, 0.5) is 0 Å². The number of aryl methyl sites for hydroxylation is 2. The van der Waals surface area contributed by atoms with Crippen LogP contribution in [-0.2, 0) is 10.8 Å². The van der Waals surface area contributed by atoms with Crippen LogP contribution in [-0.4, -0.2) is 21.8 Å². The van der Waals surface area contributed by atoms with Crippen molar-refractivity contribution in [3.8, 4) is 0 Å². The summed E-state index contributed by atoms with van der Waals surface area (Å²) in [4.78, 5) is 0. The van der Waals surface area contributed by atoms with Crippen LogP contribution in [0.25, 0.3) is 0 Å². The molecule has 0 heterocycles. The third-order valence-electron chi connectivity index (χ3n) is 4.51. The molecule has 2 unspecified atom stereocenters.